The number of halogens is 1. The van der Waals surface area contributed by atoms with Crippen LogP contribution in [0.15, 0.2) is 59.5 Å². The van der Waals surface area contributed by atoms with E-state index in [1.807, 2.05) is 49.4 Å². The van der Waals surface area contributed by atoms with Gasteiger partial charge in [-0.3, -0.25) is 0 Å². The molecule has 24 heavy (non-hydrogen) atoms. The molecular weight excluding hydrogens is 437 g/mol. The van der Waals surface area contributed by atoms with Crippen LogP contribution in [0.4, 0.5) is 0 Å². The van der Waals surface area contributed by atoms with E-state index >= 15 is 0 Å². The number of hydrogen-bond donors (Lipinski definition) is 0. The smallest absolute Gasteiger partial charge is 0.243 e. The summed E-state index contributed by atoms with van der Waals surface area (Å²) in [5.74, 6) is 0. The van der Waals surface area contributed by atoms with Gasteiger partial charge in [-0.05, 0) is 24.6 Å². The Balaban J connectivity index is 1.53. The first-order valence-electron chi connectivity index (χ1n) is 7.83. The van der Waals surface area contributed by atoms with E-state index < -0.39 is 10.0 Å². The van der Waals surface area contributed by atoms with Gasteiger partial charge in [-0.2, -0.15) is 4.31 Å². The third-order valence-corrected chi connectivity index (χ3v) is 7.13. The van der Waals surface area contributed by atoms with E-state index in [0.717, 1.165) is 11.1 Å². The Morgan fingerprint density at radius 3 is 2.50 bits per heavy atom. The van der Waals surface area contributed by atoms with Crippen molar-refractivity contribution in [1.29, 1.82) is 0 Å². The van der Waals surface area contributed by atoms with E-state index in [2.05, 4.69) is 22.6 Å². The molecular formula is C18H20INO3S. The average Bonchev–Trinajstić information content (AvgIpc) is 3.38. The Kier molecular flexibility index (Phi) is 5.59. The molecule has 2 aromatic carbocycles. The molecule has 6 heteroatoms. The van der Waals surface area contributed by atoms with Crippen LogP contribution in [0.1, 0.15) is 11.1 Å². The Labute approximate surface area is 157 Å². The van der Waals surface area contributed by atoms with Crippen molar-refractivity contribution in [3.63, 3.8) is 0 Å². The van der Waals surface area contributed by atoms with E-state index in [0.29, 0.717) is 24.7 Å². The lowest BCUT2D eigenvalue weighted by molar-refractivity contribution is 0.123. The van der Waals surface area contributed by atoms with Gasteiger partial charge in [0.2, 0.25) is 10.0 Å². The maximum Gasteiger partial charge on any atom is 0.243 e. The van der Waals surface area contributed by atoms with Gasteiger partial charge in [0, 0.05) is 6.54 Å². The summed E-state index contributed by atoms with van der Waals surface area (Å²) in [6.45, 7) is 3.61. The minimum Gasteiger partial charge on any atom is -0.376 e. The molecule has 1 aliphatic heterocycles. The molecule has 3 rings (SSSR count). The summed E-state index contributed by atoms with van der Waals surface area (Å²) in [5, 5.41) is 0. The Hall–Kier alpha value is -0.960. The van der Waals surface area contributed by atoms with E-state index in [1.165, 1.54) is 0 Å². The van der Waals surface area contributed by atoms with Gasteiger partial charge in [-0.25, -0.2) is 8.42 Å². The molecule has 4 nitrogen and oxygen atoms in total. The zero-order valence-electron chi connectivity index (χ0n) is 13.4. The molecule has 1 aliphatic rings. The molecule has 3 atom stereocenters. The summed E-state index contributed by atoms with van der Waals surface area (Å²) in [7, 11) is -3.38. The highest BCUT2D eigenvalue weighted by Gasteiger charge is 2.48. The highest BCUT2D eigenvalue weighted by Crippen LogP contribution is 2.33. The number of benzene rings is 2. The quantitative estimate of drug-likeness (QED) is 0.364. The fourth-order valence-corrected chi connectivity index (χ4v) is 5.22. The van der Waals surface area contributed by atoms with E-state index in [9.17, 15) is 8.42 Å². The van der Waals surface area contributed by atoms with Crippen LogP contribution in [0.3, 0.4) is 0 Å². The molecule has 0 aliphatic carbocycles. The third-order valence-electron chi connectivity index (χ3n) is 4.04. The molecule has 0 N–H and O–H groups in total. The third kappa shape index (κ3) is 4.17. The van der Waals surface area contributed by atoms with Crippen LogP contribution >= 0.6 is 22.6 Å². The first kappa shape index (κ1) is 17.8. The van der Waals surface area contributed by atoms with Crippen LogP contribution in [0.2, 0.25) is 0 Å². The summed E-state index contributed by atoms with van der Waals surface area (Å²) >= 11 is 2.29. The zero-order chi connectivity index (χ0) is 17.2. The number of alkyl halides is 1. The van der Waals surface area contributed by atoms with Gasteiger partial charge >= 0.3 is 0 Å². The summed E-state index contributed by atoms with van der Waals surface area (Å²) in [6.07, 6.45) is 0. The second-order valence-electron chi connectivity index (χ2n) is 5.97. The van der Waals surface area contributed by atoms with Crippen LogP contribution in [-0.4, -0.2) is 35.8 Å². The lowest BCUT2D eigenvalue weighted by Gasteiger charge is -2.12. The van der Waals surface area contributed by atoms with Crippen molar-refractivity contribution < 1.29 is 13.2 Å². The predicted molar refractivity (Wildman–Crippen MR) is 103 cm³/mol. The number of sulfonamides is 1. The Bertz CT molecular complexity index is 778. The van der Waals surface area contributed by atoms with Crippen LogP contribution < -0.4 is 0 Å². The lowest BCUT2D eigenvalue weighted by atomic mass is 10.2. The summed E-state index contributed by atoms with van der Waals surface area (Å²) in [5.41, 5.74) is 2.18. The number of nitrogens with zero attached hydrogens (tertiary/aromatic N) is 1. The van der Waals surface area contributed by atoms with Crippen molar-refractivity contribution in [1.82, 2.24) is 4.31 Å². The number of rotatable bonds is 7. The van der Waals surface area contributed by atoms with Crippen LogP contribution in [0.5, 0.6) is 0 Å². The molecule has 1 fully saturated rings. The Morgan fingerprint density at radius 1 is 1.17 bits per heavy atom. The van der Waals surface area contributed by atoms with E-state index in [1.54, 1.807) is 16.4 Å². The monoisotopic (exact) mass is 457 g/mol. The SMILES string of the molecule is Cc1ccc(S(=O)(=O)N2C[C@@H]2[C@H](I)COCc2ccccc2)cc1. The van der Waals surface area contributed by atoms with E-state index in [4.69, 9.17) is 4.74 Å². The number of hydrogen-bond acceptors (Lipinski definition) is 3. The van der Waals surface area contributed by atoms with Gasteiger partial charge in [-0.1, -0.05) is 70.6 Å². The Morgan fingerprint density at radius 2 is 1.83 bits per heavy atom. The molecule has 1 saturated heterocycles. The van der Waals surface area contributed by atoms with Crippen LogP contribution in [-0.2, 0) is 21.4 Å². The molecule has 0 bridgehead atoms. The number of ether oxygens (including phenoxy) is 1. The van der Waals surface area contributed by atoms with Gasteiger partial charge in [0.25, 0.3) is 0 Å². The summed E-state index contributed by atoms with van der Waals surface area (Å²) < 4.78 is 32.6. The molecule has 1 heterocycles. The fraction of sp³-hybridized carbons (Fsp3) is 0.333. The summed E-state index contributed by atoms with van der Waals surface area (Å²) in [6, 6.07) is 17.0. The molecule has 0 amide bonds. The van der Waals surface area contributed by atoms with Crippen LogP contribution in [0.25, 0.3) is 0 Å². The minimum absolute atomic E-state index is 0.0210. The second kappa shape index (κ2) is 7.51. The molecule has 0 radical (unpaired) electrons. The van der Waals surface area contributed by atoms with Crippen molar-refractivity contribution in [3.8, 4) is 0 Å². The molecule has 0 saturated carbocycles. The van der Waals surface area contributed by atoms with Gasteiger partial charge < -0.3 is 4.74 Å². The van der Waals surface area contributed by atoms with Crippen molar-refractivity contribution in [2.45, 2.75) is 28.4 Å². The van der Waals surface area contributed by atoms with Gasteiger partial charge in [-0.15, -0.1) is 0 Å². The second-order valence-corrected chi connectivity index (χ2v) is 9.46. The highest BCUT2D eigenvalue weighted by atomic mass is 127. The largest absolute Gasteiger partial charge is 0.376 e. The van der Waals surface area contributed by atoms with Crippen molar-refractivity contribution in [2.75, 3.05) is 13.2 Å². The normalized spacial score (nSPS) is 21.4. The predicted octanol–water partition coefficient (Wildman–Crippen LogP) is 3.39. The lowest BCUT2D eigenvalue weighted by Crippen LogP contribution is -2.22. The average molecular weight is 457 g/mol. The molecule has 0 spiro atoms. The van der Waals surface area contributed by atoms with Gasteiger partial charge in [0.1, 0.15) is 0 Å². The first-order chi connectivity index (χ1) is 11.5. The summed E-state index contributed by atoms with van der Waals surface area (Å²) in [4.78, 5) is 0.365. The standard InChI is InChI=1S/C18H20INO3S/c1-14-7-9-16(10-8-14)24(21,22)20-11-18(20)17(19)13-23-12-15-5-3-2-4-6-15/h2-10,17-18H,11-13H2,1H3/t17-,18-,20?/m1/s1. The number of aryl methyl sites for hydroxylation is 1. The van der Waals surface area contributed by atoms with Crippen molar-refractivity contribution in [2.24, 2.45) is 0 Å². The first-order valence-corrected chi connectivity index (χ1v) is 10.5. The van der Waals surface area contributed by atoms with Crippen LogP contribution in [0, 0.1) is 6.92 Å². The zero-order valence-corrected chi connectivity index (χ0v) is 16.4. The molecule has 128 valence electrons. The maximum absolute atomic E-state index is 12.6. The van der Waals surface area contributed by atoms with E-state index in [-0.39, 0.29) is 9.97 Å². The molecule has 0 aromatic heterocycles. The fourth-order valence-electron chi connectivity index (χ4n) is 2.53. The van der Waals surface area contributed by atoms with Gasteiger partial charge in [0.15, 0.2) is 0 Å². The molecule has 2 aromatic rings. The van der Waals surface area contributed by atoms with Crippen molar-refractivity contribution in [3.05, 3.63) is 65.7 Å². The highest BCUT2D eigenvalue weighted by molar-refractivity contribution is 14.1. The topological polar surface area (TPSA) is 46.4 Å². The maximum atomic E-state index is 12.6. The van der Waals surface area contributed by atoms with Crippen molar-refractivity contribution >= 4 is 32.6 Å². The molecule has 1 unspecified atom stereocenters. The van der Waals surface area contributed by atoms with Gasteiger partial charge in [0.05, 0.1) is 28.1 Å². The minimum atomic E-state index is -3.38.